The van der Waals surface area contributed by atoms with E-state index in [0.29, 0.717) is 36.0 Å². The van der Waals surface area contributed by atoms with E-state index in [1.165, 1.54) is 6.92 Å². The summed E-state index contributed by atoms with van der Waals surface area (Å²) in [5.74, 6) is 2.21. The molecule has 6 rings (SSSR count). The van der Waals surface area contributed by atoms with Crippen LogP contribution in [0.4, 0.5) is 0 Å². The molecule has 0 amide bonds. The highest BCUT2D eigenvalue weighted by molar-refractivity contribution is 5.74. The number of piperazine rings is 1. The van der Waals surface area contributed by atoms with Crippen molar-refractivity contribution in [2.24, 2.45) is 5.73 Å². The number of aromatic hydroxyl groups is 1. The first-order chi connectivity index (χ1) is 17.3. The third-order valence-corrected chi connectivity index (χ3v) is 8.50. The van der Waals surface area contributed by atoms with Crippen molar-refractivity contribution in [3.63, 3.8) is 0 Å². The number of phenolic OH excluding ortho intramolecular Hbond substituents is 1. The Labute approximate surface area is 210 Å². The molecule has 0 spiro atoms. The summed E-state index contributed by atoms with van der Waals surface area (Å²) in [6.45, 7) is 6.61. The highest BCUT2D eigenvalue weighted by Gasteiger charge is 2.52. The summed E-state index contributed by atoms with van der Waals surface area (Å²) < 4.78 is 23.2. The lowest BCUT2D eigenvalue weighted by Crippen LogP contribution is -2.64. The molecule has 4 heterocycles. The smallest absolute Gasteiger partial charge is 0.308 e. The van der Waals surface area contributed by atoms with Gasteiger partial charge >= 0.3 is 5.97 Å². The van der Waals surface area contributed by atoms with Crippen LogP contribution >= 0.6 is 0 Å². The number of ether oxygens (including phenoxy) is 4. The van der Waals surface area contributed by atoms with Crippen molar-refractivity contribution < 1.29 is 28.8 Å². The van der Waals surface area contributed by atoms with Crippen LogP contribution in [0, 0.1) is 13.8 Å². The molecule has 4 aliphatic heterocycles. The molecule has 2 aromatic carbocycles. The Balaban J connectivity index is 1.57. The molecule has 1 fully saturated rings. The number of esters is 1. The Hall–Kier alpha value is -3.01. The van der Waals surface area contributed by atoms with Gasteiger partial charge < -0.3 is 29.8 Å². The summed E-state index contributed by atoms with van der Waals surface area (Å²) >= 11 is 0. The van der Waals surface area contributed by atoms with Gasteiger partial charge in [0, 0.05) is 54.4 Å². The molecule has 4 atom stereocenters. The van der Waals surface area contributed by atoms with Crippen molar-refractivity contribution >= 4 is 5.97 Å². The first-order valence-corrected chi connectivity index (χ1v) is 12.5. The second kappa shape index (κ2) is 8.26. The minimum Gasteiger partial charge on any atom is -0.504 e. The summed E-state index contributed by atoms with van der Waals surface area (Å²) in [6.07, 6.45) is 1.45. The number of nitrogens with zero attached hydrogens (tertiary/aromatic N) is 2. The van der Waals surface area contributed by atoms with Gasteiger partial charge in [-0.1, -0.05) is 6.07 Å². The lowest BCUT2D eigenvalue weighted by molar-refractivity contribution is -0.132. The molecule has 0 saturated carbocycles. The van der Waals surface area contributed by atoms with Crippen LogP contribution in [-0.4, -0.2) is 67.0 Å². The number of fused-ring (bicyclic) bond motifs is 9. The van der Waals surface area contributed by atoms with Gasteiger partial charge in [0.05, 0.1) is 19.2 Å². The van der Waals surface area contributed by atoms with Crippen LogP contribution in [0.25, 0.3) is 0 Å². The molecule has 0 radical (unpaired) electrons. The summed E-state index contributed by atoms with van der Waals surface area (Å²) in [7, 11) is 3.72. The van der Waals surface area contributed by atoms with Crippen LogP contribution in [0.3, 0.4) is 0 Å². The zero-order valence-electron chi connectivity index (χ0n) is 21.4. The Morgan fingerprint density at radius 1 is 1.19 bits per heavy atom. The summed E-state index contributed by atoms with van der Waals surface area (Å²) in [4.78, 5) is 17.0. The largest absolute Gasteiger partial charge is 0.504 e. The van der Waals surface area contributed by atoms with Crippen LogP contribution in [0.5, 0.6) is 28.7 Å². The normalized spacial score (nSPS) is 26.2. The fourth-order valence-electron chi connectivity index (χ4n) is 7.07. The molecule has 192 valence electrons. The second-order valence-electron chi connectivity index (χ2n) is 10.3. The number of methoxy groups -OCH3 is 1. The molecule has 4 aliphatic rings. The molecule has 1 unspecified atom stereocenters. The van der Waals surface area contributed by atoms with Gasteiger partial charge in [0.1, 0.15) is 5.75 Å². The quantitative estimate of drug-likeness (QED) is 0.491. The molecule has 36 heavy (non-hydrogen) atoms. The van der Waals surface area contributed by atoms with Gasteiger partial charge in [-0.2, -0.15) is 0 Å². The molecule has 3 N–H and O–H groups in total. The zero-order valence-corrected chi connectivity index (χ0v) is 21.4. The van der Waals surface area contributed by atoms with Crippen molar-refractivity contribution in [1.29, 1.82) is 0 Å². The van der Waals surface area contributed by atoms with E-state index in [2.05, 4.69) is 22.9 Å². The van der Waals surface area contributed by atoms with Gasteiger partial charge in [0.25, 0.3) is 0 Å². The first kappa shape index (κ1) is 23.4. The van der Waals surface area contributed by atoms with Gasteiger partial charge in [-0.05, 0) is 44.9 Å². The van der Waals surface area contributed by atoms with Gasteiger partial charge in [-0.15, -0.1) is 0 Å². The number of hydrogen-bond donors (Lipinski definition) is 2. The number of rotatable bonds is 3. The molecular formula is C27H33N3O6. The summed E-state index contributed by atoms with van der Waals surface area (Å²) in [5, 5.41) is 11.4. The van der Waals surface area contributed by atoms with Crippen molar-refractivity contribution in [3.8, 4) is 28.7 Å². The average Bonchev–Trinajstić information content (AvgIpc) is 3.31. The third kappa shape index (κ3) is 3.09. The van der Waals surface area contributed by atoms with Crippen LogP contribution in [0.15, 0.2) is 6.07 Å². The van der Waals surface area contributed by atoms with E-state index in [1.54, 1.807) is 7.11 Å². The van der Waals surface area contributed by atoms with Gasteiger partial charge in [0.2, 0.25) is 6.79 Å². The number of likely N-dealkylation sites (N-methyl/N-ethyl adjacent to an activating group) is 1. The highest BCUT2D eigenvalue weighted by Crippen LogP contribution is 2.57. The van der Waals surface area contributed by atoms with Crippen LogP contribution in [0.1, 0.15) is 52.4 Å². The predicted molar refractivity (Wildman–Crippen MR) is 132 cm³/mol. The van der Waals surface area contributed by atoms with Crippen molar-refractivity contribution in [1.82, 2.24) is 9.80 Å². The van der Waals surface area contributed by atoms with Gasteiger partial charge in [-0.25, -0.2) is 0 Å². The van der Waals surface area contributed by atoms with Crippen LogP contribution in [-0.2, 0) is 17.6 Å². The van der Waals surface area contributed by atoms with Crippen molar-refractivity contribution in [2.45, 2.75) is 57.8 Å². The SMILES string of the molecule is COc1c(C)cc2c(c1O)[C@@H]1C3Cc4c(OC(C)=O)c(C)c5c(c4[C@H](CN)N3C[C@H](C2)N1C)OCO5. The lowest BCUT2D eigenvalue weighted by Gasteiger charge is -2.58. The lowest BCUT2D eigenvalue weighted by atomic mass is 9.74. The maximum atomic E-state index is 12.1. The molecule has 2 aromatic rings. The average molecular weight is 496 g/mol. The number of phenols is 1. The van der Waals surface area contributed by atoms with E-state index in [4.69, 9.17) is 24.7 Å². The molecule has 0 aromatic heterocycles. The monoisotopic (exact) mass is 495 g/mol. The molecule has 9 heteroatoms. The zero-order chi connectivity index (χ0) is 25.5. The number of carbonyl (C=O) groups excluding carboxylic acids is 1. The maximum absolute atomic E-state index is 12.1. The van der Waals surface area contributed by atoms with E-state index in [9.17, 15) is 9.90 Å². The number of aryl methyl sites for hydroxylation is 1. The van der Waals surface area contributed by atoms with Gasteiger partial charge in [0.15, 0.2) is 23.0 Å². The Kier molecular flexibility index (Phi) is 5.37. The first-order valence-electron chi connectivity index (χ1n) is 12.5. The van der Waals surface area contributed by atoms with Crippen molar-refractivity contribution in [2.75, 3.05) is 34.0 Å². The molecular weight excluding hydrogens is 462 g/mol. The topological polar surface area (TPSA) is 107 Å². The number of benzene rings is 2. The summed E-state index contributed by atoms with van der Waals surface area (Å²) in [5.41, 5.74) is 12.1. The van der Waals surface area contributed by atoms with E-state index in [1.807, 2.05) is 13.8 Å². The Bertz CT molecular complexity index is 1280. The second-order valence-corrected chi connectivity index (χ2v) is 10.3. The van der Waals surface area contributed by atoms with E-state index in [-0.39, 0.29) is 42.7 Å². The van der Waals surface area contributed by atoms with Crippen molar-refractivity contribution in [3.05, 3.63) is 39.4 Å². The number of hydrogen-bond acceptors (Lipinski definition) is 9. The maximum Gasteiger partial charge on any atom is 0.308 e. The Morgan fingerprint density at radius 2 is 1.94 bits per heavy atom. The Morgan fingerprint density at radius 3 is 2.64 bits per heavy atom. The minimum absolute atomic E-state index is 0.00116. The number of nitrogens with two attached hydrogens (primary N) is 1. The third-order valence-electron chi connectivity index (χ3n) is 8.50. The standard InChI is InChI=1S/C27H33N3O6/c1-12-6-15-7-16-10-30-18(22(29(16)4)20(15)23(32)24(12)33-5)8-17-21(19(30)9-28)27-26(34-11-35-27)13(2)25(17)36-14(3)31/h6,16,18-19,22,32H,7-11,28H2,1-5H3/t16-,18?,19-,22-/m0/s1. The van der Waals surface area contributed by atoms with E-state index < -0.39 is 0 Å². The molecule has 0 aliphatic carbocycles. The highest BCUT2D eigenvalue weighted by atomic mass is 16.7. The fraction of sp³-hybridized carbons (Fsp3) is 0.519. The van der Waals surface area contributed by atoms with Gasteiger partial charge in [-0.3, -0.25) is 14.6 Å². The minimum atomic E-state index is -0.382. The number of carbonyl (C=O) groups is 1. The predicted octanol–water partition coefficient (Wildman–Crippen LogP) is 2.51. The van der Waals surface area contributed by atoms with Crippen LogP contribution in [0.2, 0.25) is 0 Å². The van der Waals surface area contributed by atoms with Crippen LogP contribution < -0.4 is 24.7 Å². The molecule has 9 nitrogen and oxygen atoms in total. The van der Waals surface area contributed by atoms with E-state index >= 15 is 0 Å². The van der Waals surface area contributed by atoms with E-state index in [0.717, 1.165) is 46.3 Å². The summed E-state index contributed by atoms with van der Waals surface area (Å²) in [6, 6.07) is 2.20. The fourth-order valence-corrected chi connectivity index (χ4v) is 7.07. The molecule has 1 saturated heterocycles. The molecule has 2 bridgehead atoms.